The molecule has 17 heteroatoms. The Labute approximate surface area is 287 Å². The van der Waals surface area contributed by atoms with Crippen molar-refractivity contribution in [2.45, 2.75) is 51.5 Å². The van der Waals surface area contributed by atoms with E-state index in [-0.39, 0.29) is 40.2 Å². The third-order valence-corrected chi connectivity index (χ3v) is 8.11. The number of ether oxygens (including phenoxy) is 2. The molecule has 0 aliphatic carbocycles. The number of guanidine groups is 1. The van der Waals surface area contributed by atoms with E-state index in [1.165, 1.54) is 50.0 Å². The van der Waals surface area contributed by atoms with Gasteiger partial charge in [0.1, 0.15) is 6.61 Å². The van der Waals surface area contributed by atoms with E-state index in [4.69, 9.17) is 22.1 Å². The van der Waals surface area contributed by atoms with Gasteiger partial charge >= 0.3 is 18.7 Å². The van der Waals surface area contributed by atoms with Crippen molar-refractivity contribution in [3.63, 3.8) is 0 Å². The van der Waals surface area contributed by atoms with Gasteiger partial charge < -0.3 is 15.2 Å². The molecule has 2 atom stereocenters. The Kier molecular flexibility index (Phi) is 9.87. The first kappa shape index (κ1) is 36.2. The van der Waals surface area contributed by atoms with Crippen molar-refractivity contribution in [1.29, 1.82) is 0 Å². The second-order valence-corrected chi connectivity index (χ2v) is 13.0. The number of carbonyl (C=O) groups is 2. The van der Waals surface area contributed by atoms with Gasteiger partial charge in [0, 0.05) is 29.6 Å². The summed E-state index contributed by atoms with van der Waals surface area (Å²) < 4.78 is 76.4. The number of amides is 1. The number of benzene rings is 2. The molecule has 0 unspecified atom stereocenters. The number of hydrogen-bond acceptors (Lipinski definition) is 9. The van der Waals surface area contributed by atoms with Crippen LogP contribution in [0, 0.1) is 5.41 Å². The molecule has 1 aliphatic rings. The average molecular weight is 720 g/mol. The quantitative estimate of drug-likeness (QED) is 0.141. The minimum Gasteiger partial charge on any atom is -0.481 e. The Morgan fingerprint density at radius 1 is 1.06 bits per heavy atom. The summed E-state index contributed by atoms with van der Waals surface area (Å²) in [5.41, 5.74) is 5.93. The van der Waals surface area contributed by atoms with E-state index in [0.29, 0.717) is 21.4 Å². The van der Waals surface area contributed by atoms with E-state index in [2.05, 4.69) is 24.8 Å². The van der Waals surface area contributed by atoms with Gasteiger partial charge in [-0.15, -0.1) is 0 Å². The van der Waals surface area contributed by atoms with Crippen LogP contribution >= 0.6 is 11.6 Å². The second-order valence-electron chi connectivity index (χ2n) is 12.6. The molecule has 264 valence electrons. The zero-order valence-corrected chi connectivity index (χ0v) is 27.8. The van der Waals surface area contributed by atoms with E-state index in [9.17, 15) is 31.5 Å². The molecule has 11 nitrogen and oxygen atoms in total. The number of nitrogens with two attached hydrogens (primary N) is 1. The van der Waals surface area contributed by atoms with Crippen molar-refractivity contribution in [2.75, 3.05) is 13.7 Å². The molecule has 2 N–H and O–H groups in total. The first-order valence-electron chi connectivity index (χ1n) is 15.0. The van der Waals surface area contributed by atoms with Gasteiger partial charge in [-0.3, -0.25) is 9.69 Å². The highest BCUT2D eigenvalue weighted by Gasteiger charge is 2.53. The highest BCUT2D eigenvalue weighted by Crippen LogP contribution is 2.45. The van der Waals surface area contributed by atoms with Crippen LogP contribution in [0.1, 0.15) is 50.9 Å². The van der Waals surface area contributed by atoms with Gasteiger partial charge in [0.05, 0.1) is 24.4 Å². The molecule has 0 saturated carbocycles. The zero-order chi connectivity index (χ0) is 36.6. The van der Waals surface area contributed by atoms with Crippen molar-refractivity contribution in [2.24, 2.45) is 16.1 Å². The molecule has 2 aromatic carbocycles. The molecule has 2 aromatic heterocycles. The fraction of sp³-hybridized carbons (Fsp3) is 0.333. The van der Waals surface area contributed by atoms with Gasteiger partial charge in [-0.1, -0.05) is 62.7 Å². The number of rotatable bonds is 10. The lowest BCUT2D eigenvalue weighted by molar-refractivity contribution is -0.201. The lowest BCUT2D eigenvalue weighted by Gasteiger charge is -2.35. The summed E-state index contributed by atoms with van der Waals surface area (Å²) >= 11 is 6.48. The number of esters is 1. The molecule has 1 aliphatic heterocycles. The fourth-order valence-electron chi connectivity index (χ4n) is 5.67. The third-order valence-electron chi connectivity index (χ3n) is 7.78. The smallest absolute Gasteiger partial charge is 0.481 e. The summed E-state index contributed by atoms with van der Waals surface area (Å²) in [5.74, 6) is -3.20. The predicted molar refractivity (Wildman–Crippen MR) is 172 cm³/mol. The lowest BCUT2D eigenvalue weighted by Crippen LogP contribution is -2.47. The molecule has 0 spiro atoms. The monoisotopic (exact) mass is 719 g/mol. The molecule has 3 heterocycles. The van der Waals surface area contributed by atoms with Gasteiger partial charge in [-0.05, 0) is 40.7 Å². The van der Waals surface area contributed by atoms with Crippen molar-refractivity contribution >= 4 is 29.4 Å². The van der Waals surface area contributed by atoms with E-state index >= 15 is 0 Å². The number of methoxy groups -OCH3 is 1. The molecule has 1 amide bonds. The Hall–Kier alpha value is -5.12. The Balaban J connectivity index is 1.59. The highest BCUT2D eigenvalue weighted by atomic mass is 35.5. The number of aromatic nitrogens is 4. The summed E-state index contributed by atoms with van der Waals surface area (Å²) in [6.07, 6.45) is -1.36. The first-order chi connectivity index (χ1) is 23.4. The van der Waals surface area contributed by atoms with Crippen LogP contribution in [0.5, 0.6) is 5.88 Å². The molecule has 0 saturated heterocycles. The van der Waals surface area contributed by atoms with Gasteiger partial charge in [0.15, 0.2) is 17.3 Å². The van der Waals surface area contributed by atoms with E-state index < -0.39 is 48.2 Å². The van der Waals surface area contributed by atoms with Crippen LogP contribution in [0.15, 0.2) is 72.1 Å². The lowest BCUT2D eigenvalue weighted by atomic mass is 9.75. The summed E-state index contributed by atoms with van der Waals surface area (Å²) in [7, 11) is 1.40. The number of hydrogen-bond donors (Lipinski definition) is 1. The summed E-state index contributed by atoms with van der Waals surface area (Å²) in [5, 5.41) is 3.83. The van der Waals surface area contributed by atoms with Crippen molar-refractivity contribution in [3.8, 4) is 28.4 Å². The number of nitrogens with zero attached hydrogens (tertiary/aromatic N) is 6. The normalized spacial score (nSPS) is 17.2. The van der Waals surface area contributed by atoms with Gasteiger partial charge in [-0.25, -0.2) is 19.5 Å². The molecule has 5 rings (SSSR count). The summed E-state index contributed by atoms with van der Waals surface area (Å²) in [6, 6.07) is 10.8. The van der Waals surface area contributed by atoms with Crippen LogP contribution in [0.3, 0.4) is 0 Å². The topological polar surface area (TPSA) is 138 Å². The molecule has 4 aromatic rings. The Bertz CT molecular complexity index is 1930. The molecule has 50 heavy (non-hydrogen) atoms. The summed E-state index contributed by atoms with van der Waals surface area (Å²) in [4.78, 5) is 40.7. The Morgan fingerprint density at radius 3 is 2.36 bits per heavy atom. The fourth-order valence-corrected chi connectivity index (χ4v) is 5.87. The van der Waals surface area contributed by atoms with Gasteiger partial charge in [-0.2, -0.15) is 32.0 Å². The minimum atomic E-state index is -5.32. The van der Waals surface area contributed by atoms with Crippen LogP contribution in [0.4, 0.5) is 22.0 Å². The standard InChI is InChI=1S/C33H31ClF5N7O4/c1-31(2,3)17-32(21-8-5-18(6-9-21)20-14-42-45(15-20)29(35)36)27(47)46(30(40)44-32)24(16-50-28(48)33(37,38)39)19-7-10-23(34)22(13-19)26-41-12-11-25(43-26)49-4/h5-15,24,29H,16-17H2,1-4H3,(H2,40,44)/t24-,32-/m1/s1. The SMILES string of the molecule is COc1ccnc(-c2cc([C@@H](COC(=O)C(F)(F)F)N3C(=O)[C@@](CC(C)(C)C)(c4ccc(-c5cnn(C(F)F)c5)cc4)N=C3N)ccc2Cl)n1. The minimum absolute atomic E-state index is 0.0945. The number of aliphatic imine (C=N–C) groups is 1. The van der Waals surface area contributed by atoms with E-state index in [0.717, 1.165) is 4.90 Å². The van der Waals surface area contributed by atoms with Crippen LogP contribution in [0.2, 0.25) is 5.02 Å². The number of carbonyl (C=O) groups excluding carboxylic acids is 2. The second kappa shape index (κ2) is 13.7. The Morgan fingerprint density at radius 2 is 1.76 bits per heavy atom. The highest BCUT2D eigenvalue weighted by molar-refractivity contribution is 6.33. The maximum Gasteiger partial charge on any atom is 0.490 e. The molecule has 0 bridgehead atoms. The van der Waals surface area contributed by atoms with E-state index in [1.807, 2.05) is 20.8 Å². The van der Waals surface area contributed by atoms with Crippen molar-refractivity contribution < 1.29 is 41.0 Å². The molecular formula is C33H31ClF5N7O4. The predicted octanol–water partition coefficient (Wildman–Crippen LogP) is 6.70. The first-order valence-corrected chi connectivity index (χ1v) is 15.3. The largest absolute Gasteiger partial charge is 0.490 e. The van der Waals surface area contributed by atoms with Crippen LogP contribution in [0.25, 0.3) is 22.5 Å². The molecule has 0 radical (unpaired) electrons. The molecular weight excluding hydrogens is 689 g/mol. The van der Waals surface area contributed by atoms with E-state index in [1.54, 1.807) is 24.3 Å². The average Bonchev–Trinajstić information content (AvgIpc) is 3.64. The van der Waals surface area contributed by atoms with Gasteiger partial charge in [0.25, 0.3) is 5.91 Å². The van der Waals surface area contributed by atoms with Crippen LogP contribution < -0.4 is 10.5 Å². The van der Waals surface area contributed by atoms with Crippen molar-refractivity contribution in [3.05, 3.63) is 83.3 Å². The molecule has 0 fully saturated rings. The van der Waals surface area contributed by atoms with Gasteiger partial charge in [0.2, 0.25) is 5.88 Å². The maximum atomic E-state index is 14.7. The number of alkyl halides is 5. The van der Waals surface area contributed by atoms with Crippen LogP contribution in [-0.4, -0.2) is 62.4 Å². The van der Waals surface area contributed by atoms with Crippen LogP contribution in [-0.2, 0) is 19.9 Å². The zero-order valence-electron chi connectivity index (χ0n) is 27.1. The summed E-state index contributed by atoms with van der Waals surface area (Å²) in [6.45, 7) is 1.81. The third kappa shape index (κ3) is 7.39. The maximum absolute atomic E-state index is 14.7. The number of halogens is 6. The van der Waals surface area contributed by atoms with Crippen molar-refractivity contribution in [1.82, 2.24) is 24.6 Å².